The highest BCUT2D eigenvalue weighted by molar-refractivity contribution is 6.33. The van der Waals surface area contributed by atoms with Crippen LogP contribution in [-0.4, -0.2) is 72.1 Å². The van der Waals surface area contributed by atoms with Crippen LogP contribution < -0.4 is 15.8 Å². The van der Waals surface area contributed by atoms with E-state index in [0.29, 0.717) is 17.3 Å². The number of hydrogen-bond acceptors (Lipinski definition) is 8. The van der Waals surface area contributed by atoms with Gasteiger partial charge in [0, 0.05) is 37.4 Å². The highest BCUT2D eigenvalue weighted by Gasteiger charge is 2.33. The van der Waals surface area contributed by atoms with Crippen molar-refractivity contribution in [2.45, 2.75) is 33.0 Å². The predicted molar refractivity (Wildman–Crippen MR) is 176 cm³/mol. The second kappa shape index (κ2) is 13.4. The Morgan fingerprint density at radius 2 is 1.74 bits per heavy atom. The summed E-state index contributed by atoms with van der Waals surface area (Å²) in [5, 5.41) is 16.8. The molecule has 4 heterocycles. The number of carbonyl (C=O) groups is 2. The largest absolute Gasteiger partial charge is 0.504 e. The molecule has 2 N–H and O–H groups in total. The molecule has 2 amide bonds. The maximum atomic E-state index is 16.3. The molecule has 0 bridgehead atoms. The molecule has 12 nitrogen and oxygen atoms in total. The number of halogens is 5. The van der Waals surface area contributed by atoms with E-state index in [4.69, 9.17) is 11.6 Å². The molecule has 1 saturated heterocycles. The molecule has 0 atom stereocenters. The third kappa shape index (κ3) is 6.33. The van der Waals surface area contributed by atoms with Gasteiger partial charge in [0.25, 0.3) is 11.5 Å². The molecule has 0 aliphatic carbocycles. The van der Waals surface area contributed by atoms with E-state index in [0.717, 1.165) is 16.6 Å². The monoisotopic (exact) mass is 712 g/mol. The van der Waals surface area contributed by atoms with Crippen molar-refractivity contribution in [3.05, 3.63) is 98.7 Å². The molecule has 6 rings (SSSR count). The fourth-order valence-corrected chi connectivity index (χ4v) is 6.13. The Morgan fingerprint density at radius 1 is 1.04 bits per heavy atom. The molecular weight excluding hydrogens is 684 g/mol. The van der Waals surface area contributed by atoms with Gasteiger partial charge in [-0.3, -0.25) is 14.4 Å². The summed E-state index contributed by atoms with van der Waals surface area (Å²) in [6.45, 7) is 3.30. The molecule has 260 valence electrons. The van der Waals surface area contributed by atoms with Crippen LogP contribution in [-0.2, 0) is 23.9 Å². The molecule has 0 radical (unpaired) electrons. The minimum atomic E-state index is -4.65. The van der Waals surface area contributed by atoms with E-state index in [2.05, 4.69) is 20.4 Å². The summed E-state index contributed by atoms with van der Waals surface area (Å²) in [6, 6.07) is 10.8. The van der Waals surface area contributed by atoms with Crippen LogP contribution in [0.4, 0.5) is 28.9 Å². The molecule has 3 aromatic heterocycles. The SMILES string of the molecule is CCc1c(N2CCN(C(=O)c3ncnc(C)c3O)CC2)c(=O)n2nc(-c3ccccc3)c(F)c2n1CC(=O)Nc1ccc(C(F)(F)F)cc1Cl. The molecule has 2 aromatic carbocycles. The number of rotatable bonds is 7. The van der Waals surface area contributed by atoms with Gasteiger partial charge in [-0.05, 0) is 31.5 Å². The van der Waals surface area contributed by atoms with Gasteiger partial charge in [-0.1, -0.05) is 48.9 Å². The van der Waals surface area contributed by atoms with Crippen LogP contribution in [0.1, 0.15) is 34.4 Å². The average Bonchev–Trinajstić information content (AvgIpc) is 3.45. The topological polar surface area (TPSA) is 138 Å². The van der Waals surface area contributed by atoms with Crippen LogP contribution in [0, 0.1) is 12.7 Å². The van der Waals surface area contributed by atoms with Crippen molar-refractivity contribution in [3.63, 3.8) is 0 Å². The number of amides is 2. The van der Waals surface area contributed by atoms with Crippen molar-refractivity contribution in [2.24, 2.45) is 0 Å². The van der Waals surface area contributed by atoms with E-state index < -0.39 is 41.5 Å². The van der Waals surface area contributed by atoms with E-state index >= 15 is 4.39 Å². The lowest BCUT2D eigenvalue weighted by molar-refractivity contribution is -0.137. The van der Waals surface area contributed by atoms with Crippen LogP contribution in [0.3, 0.4) is 0 Å². The predicted octanol–water partition coefficient (Wildman–Crippen LogP) is 4.94. The Hall–Kier alpha value is -5.51. The number of aryl methyl sites for hydroxylation is 1. The number of alkyl halides is 3. The number of aromatic hydroxyl groups is 1. The Balaban J connectivity index is 1.39. The minimum absolute atomic E-state index is 0.0929. The molecule has 1 aliphatic rings. The first-order valence-corrected chi connectivity index (χ1v) is 15.8. The van der Waals surface area contributed by atoms with E-state index in [-0.39, 0.29) is 77.5 Å². The fraction of sp³-hybridized carbons (Fsp3) is 0.273. The number of fused-ring (bicyclic) bond motifs is 1. The number of carbonyl (C=O) groups excluding carboxylic acids is 2. The second-order valence-electron chi connectivity index (χ2n) is 11.5. The molecule has 50 heavy (non-hydrogen) atoms. The standard InChI is InChI=1S/C33H29ClF4N8O4/c1-3-23-28(43-11-13-44(14-12-43)31(49)27-29(48)18(2)39-17-40-27)32(50)46-30(25(35)26(42-46)19-7-5-4-6-8-19)45(23)16-24(47)41-22-10-9-20(15-21(22)34)33(36,37)38/h4-10,15,17,48H,3,11-14,16H2,1-2H3,(H,41,47). The number of anilines is 2. The lowest BCUT2D eigenvalue weighted by atomic mass is 10.1. The van der Waals surface area contributed by atoms with Crippen LogP contribution >= 0.6 is 11.6 Å². The van der Waals surface area contributed by atoms with Gasteiger partial charge in [-0.15, -0.1) is 0 Å². The van der Waals surface area contributed by atoms with E-state index in [1.807, 2.05) is 0 Å². The van der Waals surface area contributed by atoms with Crippen LogP contribution in [0.5, 0.6) is 5.75 Å². The van der Waals surface area contributed by atoms with Gasteiger partial charge < -0.3 is 24.8 Å². The van der Waals surface area contributed by atoms with Crippen molar-refractivity contribution in [3.8, 4) is 17.0 Å². The quantitative estimate of drug-likeness (QED) is 0.227. The Morgan fingerprint density at radius 3 is 2.38 bits per heavy atom. The molecule has 1 fully saturated rings. The van der Waals surface area contributed by atoms with Gasteiger partial charge in [0.2, 0.25) is 5.91 Å². The summed E-state index contributed by atoms with van der Waals surface area (Å²) in [5.41, 5.74) is -1.25. The molecule has 0 saturated carbocycles. The summed E-state index contributed by atoms with van der Waals surface area (Å²) < 4.78 is 58.1. The second-order valence-corrected chi connectivity index (χ2v) is 11.9. The van der Waals surface area contributed by atoms with Crippen molar-refractivity contribution < 1.29 is 32.3 Å². The van der Waals surface area contributed by atoms with Gasteiger partial charge >= 0.3 is 6.18 Å². The summed E-state index contributed by atoms with van der Waals surface area (Å²) >= 11 is 6.08. The summed E-state index contributed by atoms with van der Waals surface area (Å²) in [7, 11) is 0. The van der Waals surface area contributed by atoms with Crippen LogP contribution in [0.25, 0.3) is 16.9 Å². The number of aromatic nitrogens is 5. The average molecular weight is 713 g/mol. The third-order valence-corrected chi connectivity index (χ3v) is 8.71. The van der Waals surface area contributed by atoms with Crippen LogP contribution in [0.15, 0.2) is 59.7 Å². The summed E-state index contributed by atoms with van der Waals surface area (Å²) in [6.07, 6.45) is -3.31. The van der Waals surface area contributed by atoms with Gasteiger partial charge in [0.15, 0.2) is 22.9 Å². The molecular formula is C33H29ClF4N8O4. The lowest BCUT2D eigenvalue weighted by Gasteiger charge is -2.36. The van der Waals surface area contributed by atoms with E-state index in [9.17, 15) is 32.7 Å². The first-order chi connectivity index (χ1) is 23.8. The number of hydrogen-bond donors (Lipinski definition) is 2. The Kier molecular flexibility index (Phi) is 9.22. The van der Waals surface area contributed by atoms with Crippen LogP contribution in [0.2, 0.25) is 5.02 Å². The zero-order valence-corrected chi connectivity index (χ0v) is 27.4. The highest BCUT2D eigenvalue weighted by atomic mass is 35.5. The zero-order chi connectivity index (χ0) is 35.9. The minimum Gasteiger partial charge on any atom is -0.504 e. The van der Waals surface area contributed by atoms with Crippen molar-refractivity contribution >= 4 is 40.4 Å². The van der Waals surface area contributed by atoms with Gasteiger partial charge in [-0.25, -0.2) is 14.4 Å². The van der Waals surface area contributed by atoms with E-state index in [1.54, 1.807) is 49.1 Å². The highest BCUT2D eigenvalue weighted by Crippen LogP contribution is 2.34. The smallest absolute Gasteiger partial charge is 0.416 e. The first-order valence-electron chi connectivity index (χ1n) is 15.4. The number of benzene rings is 2. The number of nitrogens with one attached hydrogen (secondary N) is 1. The fourth-order valence-electron chi connectivity index (χ4n) is 5.90. The summed E-state index contributed by atoms with van der Waals surface area (Å²) in [5.74, 6) is -2.45. The molecule has 5 aromatic rings. The molecule has 0 spiro atoms. The van der Waals surface area contributed by atoms with Crippen molar-refractivity contribution in [2.75, 3.05) is 36.4 Å². The van der Waals surface area contributed by atoms with Crippen molar-refractivity contribution in [1.82, 2.24) is 29.0 Å². The van der Waals surface area contributed by atoms with Gasteiger partial charge in [0.1, 0.15) is 24.3 Å². The normalized spacial score (nSPS) is 13.6. The summed E-state index contributed by atoms with van der Waals surface area (Å²) in [4.78, 5) is 51.8. The zero-order valence-electron chi connectivity index (χ0n) is 26.6. The Bertz CT molecular complexity index is 2180. The number of piperazine rings is 1. The third-order valence-electron chi connectivity index (χ3n) is 8.40. The maximum absolute atomic E-state index is 16.3. The molecule has 1 aliphatic heterocycles. The maximum Gasteiger partial charge on any atom is 0.416 e. The number of nitrogens with zero attached hydrogens (tertiary/aromatic N) is 7. The van der Waals surface area contributed by atoms with E-state index in [1.165, 1.54) is 15.8 Å². The van der Waals surface area contributed by atoms with Gasteiger partial charge in [0.05, 0.1) is 22.0 Å². The first kappa shape index (κ1) is 34.4. The molecule has 17 heteroatoms. The lowest BCUT2D eigenvalue weighted by Crippen LogP contribution is -2.51. The molecule has 0 unspecified atom stereocenters. The Labute approximate surface area is 286 Å². The van der Waals surface area contributed by atoms with Crippen molar-refractivity contribution in [1.29, 1.82) is 0 Å². The van der Waals surface area contributed by atoms with Gasteiger partial charge in [-0.2, -0.15) is 22.8 Å².